The van der Waals surface area contributed by atoms with Crippen molar-refractivity contribution in [1.29, 1.82) is 0 Å². The summed E-state index contributed by atoms with van der Waals surface area (Å²) in [6.45, 7) is 2.40. The van der Waals surface area contributed by atoms with Crippen LogP contribution in [0.2, 0.25) is 0 Å². The summed E-state index contributed by atoms with van der Waals surface area (Å²) in [6, 6.07) is 6.69. The Morgan fingerprint density at radius 1 is 1.02 bits per heavy atom. The van der Waals surface area contributed by atoms with Crippen molar-refractivity contribution < 1.29 is 46.9 Å². The second-order valence-electron chi connectivity index (χ2n) is 11.0. The highest BCUT2D eigenvalue weighted by Gasteiger charge is 2.65. The van der Waals surface area contributed by atoms with Crippen molar-refractivity contribution in [3.05, 3.63) is 54.1 Å². The summed E-state index contributed by atoms with van der Waals surface area (Å²) in [6.07, 6.45) is -1.31. The summed E-state index contributed by atoms with van der Waals surface area (Å²) >= 11 is 0. The van der Waals surface area contributed by atoms with Crippen molar-refractivity contribution in [2.75, 3.05) is 18.5 Å². The zero-order chi connectivity index (χ0) is 31.6. The number of benzene rings is 2. The van der Waals surface area contributed by atoms with Gasteiger partial charge in [-0.25, -0.2) is 4.79 Å². The van der Waals surface area contributed by atoms with E-state index in [1.54, 1.807) is 0 Å². The molecule has 3 unspecified atom stereocenters. The molecule has 6 nitrogen and oxygen atoms in total. The van der Waals surface area contributed by atoms with Gasteiger partial charge in [-0.2, -0.15) is 13.2 Å². The number of nitrogens with one attached hydrogen (secondary N) is 3. The lowest BCUT2D eigenvalue weighted by Gasteiger charge is -2.47. The third kappa shape index (κ3) is 7.48. The van der Waals surface area contributed by atoms with Gasteiger partial charge in [-0.15, -0.1) is 0 Å². The predicted octanol–water partition coefficient (Wildman–Crippen LogP) is 9.14. The van der Waals surface area contributed by atoms with Gasteiger partial charge < -0.3 is 20.1 Å². The molecule has 2 aromatic rings. The Morgan fingerprint density at radius 3 is 2.28 bits per heavy atom. The van der Waals surface area contributed by atoms with E-state index < -0.39 is 44.7 Å². The standard InChI is InChI=1S/C28H35F8N3O3S/c1-2-3-4-7-15-26(39-25(40)38-20-11-13-21(14-12-20)43(32,33,34,35)36)16-8-18-37-24(26)42-23-10-6-5-9-22(23)27(17-19-41-27)28(29,30)31/h5-6,9-14,24,37H,2-4,7-8,15-19H2,1H3,(H2,38,39,40). The molecule has 2 fully saturated rings. The maximum Gasteiger partial charge on any atom is 0.421 e. The van der Waals surface area contributed by atoms with Crippen LogP contribution in [-0.2, 0) is 10.3 Å². The highest BCUT2D eigenvalue weighted by atomic mass is 32.5. The number of anilines is 1. The molecule has 0 aromatic heterocycles. The van der Waals surface area contributed by atoms with Gasteiger partial charge in [0.2, 0.25) is 0 Å². The maximum atomic E-state index is 14.1. The number of hydrogen-bond donors (Lipinski definition) is 3. The summed E-state index contributed by atoms with van der Waals surface area (Å²) in [5, 5.41) is 8.39. The Balaban J connectivity index is 1.60. The lowest BCUT2D eigenvalue weighted by molar-refractivity contribution is -0.334. The first-order valence-corrected chi connectivity index (χ1v) is 16.0. The summed E-state index contributed by atoms with van der Waals surface area (Å²) in [7, 11) is -9.89. The second-order valence-corrected chi connectivity index (χ2v) is 13.4. The minimum Gasteiger partial charge on any atom is -0.472 e. The maximum absolute atomic E-state index is 14.1. The molecule has 242 valence electrons. The molecule has 0 bridgehead atoms. The zero-order valence-electron chi connectivity index (χ0n) is 23.4. The molecule has 43 heavy (non-hydrogen) atoms. The molecule has 2 heterocycles. The van der Waals surface area contributed by atoms with Crippen LogP contribution in [0.3, 0.4) is 0 Å². The van der Waals surface area contributed by atoms with E-state index in [1.165, 1.54) is 24.3 Å². The van der Waals surface area contributed by atoms with Crippen molar-refractivity contribution in [3.8, 4) is 5.75 Å². The predicted molar refractivity (Wildman–Crippen MR) is 148 cm³/mol. The molecular weight excluding hydrogens is 610 g/mol. The van der Waals surface area contributed by atoms with Crippen LogP contribution in [-0.4, -0.2) is 37.1 Å². The molecule has 0 aliphatic carbocycles. The van der Waals surface area contributed by atoms with E-state index >= 15 is 0 Å². The Hall–Kier alpha value is -2.78. The van der Waals surface area contributed by atoms with E-state index in [2.05, 4.69) is 16.0 Å². The van der Waals surface area contributed by atoms with Crippen molar-refractivity contribution in [2.45, 2.75) is 86.7 Å². The quantitative estimate of drug-likeness (QED) is 0.168. The number of piperidine rings is 1. The van der Waals surface area contributed by atoms with E-state index in [0.717, 1.165) is 31.4 Å². The van der Waals surface area contributed by atoms with Gasteiger partial charge in [-0.1, -0.05) is 70.2 Å². The van der Waals surface area contributed by atoms with Gasteiger partial charge in [-0.05, 0) is 56.1 Å². The fourth-order valence-electron chi connectivity index (χ4n) is 5.54. The van der Waals surface area contributed by atoms with Gasteiger partial charge in [0, 0.05) is 17.7 Å². The largest absolute Gasteiger partial charge is 0.472 e. The molecule has 0 spiro atoms. The Kier molecular flexibility index (Phi) is 8.70. The first-order valence-electron chi connectivity index (χ1n) is 14.0. The van der Waals surface area contributed by atoms with E-state index in [1.807, 2.05) is 6.92 Å². The molecule has 2 aromatic carbocycles. The molecule has 15 heteroatoms. The summed E-state index contributed by atoms with van der Waals surface area (Å²) in [5.74, 6) is -0.0642. The number of hydrogen-bond acceptors (Lipinski definition) is 4. The average molecular weight is 646 g/mol. The first kappa shape index (κ1) is 33.1. The molecular formula is C28H35F8N3O3S. The minimum absolute atomic E-state index is 0.0642. The molecule has 3 atom stereocenters. The van der Waals surface area contributed by atoms with Crippen LogP contribution in [0, 0.1) is 0 Å². The van der Waals surface area contributed by atoms with Gasteiger partial charge >= 0.3 is 22.4 Å². The zero-order valence-corrected chi connectivity index (χ0v) is 24.2. The van der Waals surface area contributed by atoms with Crippen molar-refractivity contribution in [3.63, 3.8) is 0 Å². The van der Waals surface area contributed by atoms with Crippen LogP contribution < -0.4 is 20.7 Å². The number of para-hydroxylation sites is 1. The van der Waals surface area contributed by atoms with Gasteiger partial charge in [0.25, 0.3) is 0 Å². The molecule has 2 amide bonds. The van der Waals surface area contributed by atoms with Crippen LogP contribution >= 0.6 is 10.2 Å². The molecule has 4 rings (SSSR count). The van der Waals surface area contributed by atoms with E-state index in [9.17, 15) is 37.4 Å². The number of amides is 2. The Labute approximate surface area is 244 Å². The molecule has 0 saturated carbocycles. The number of alkyl halides is 3. The van der Waals surface area contributed by atoms with Crippen molar-refractivity contribution in [2.24, 2.45) is 0 Å². The summed E-state index contributed by atoms with van der Waals surface area (Å²) in [5.41, 5.74) is -3.99. The lowest BCUT2D eigenvalue weighted by atomic mass is 9.82. The Bertz CT molecular complexity index is 1290. The number of ether oxygens (including phenoxy) is 2. The first-order chi connectivity index (χ1) is 19.9. The smallest absolute Gasteiger partial charge is 0.421 e. The molecule has 2 saturated heterocycles. The lowest BCUT2D eigenvalue weighted by Crippen LogP contribution is -2.67. The molecule has 2 aliphatic heterocycles. The fourth-order valence-corrected chi connectivity index (χ4v) is 6.19. The van der Waals surface area contributed by atoms with Crippen LogP contribution in [0.4, 0.5) is 43.1 Å². The van der Waals surface area contributed by atoms with E-state index in [-0.39, 0.29) is 42.2 Å². The number of carbonyl (C=O) groups is 1. The highest BCUT2D eigenvalue weighted by molar-refractivity contribution is 8.45. The second kappa shape index (κ2) is 11.3. The number of carbonyl (C=O) groups excluding carboxylic acids is 1. The van der Waals surface area contributed by atoms with Crippen LogP contribution in [0.5, 0.6) is 5.75 Å². The van der Waals surface area contributed by atoms with Gasteiger partial charge in [0.05, 0.1) is 12.1 Å². The van der Waals surface area contributed by atoms with Gasteiger partial charge in [0.1, 0.15) is 10.6 Å². The number of unbranched alkanes of at least 4 members (excludes halogenated alkanes) is 3. The summed E-state index contributed by atoms with van der Waals surface area (Å²) < 4.78 is 119. The van der Waals surface area contributed by atoms with Crippen LogP contribution in [0.25, 0.3) is 0 Å². The monoisotopic (exact) mass is 645 g/mol. The highest BCUT2D eigenvalue weighted by Crippen LogP contribution is 3.02. The molecule has 3 N–H and O–H groups in total. The van der Waals surface area contributed by atoms with Crippen molar-refractivity contribution >= 4 is 21.9 Å². The average Bonchev–Trinajstić information content (AvgIpc) is 2.86. The molecule has 0 radical (unpaired) electrons. The van der Waals surface area contributed by atoms with Gasteiger partial charge in [-0.3, -0.25) is 5.32 Å². The van der Waals surface area contributed by atoms with Crippen molar-refractivity contribution in [1.82, 2.24) is 10.6 Å². The number of halogens is 8. The minimum atomic E-state index is -9.89. The van der Waals surface area contributed by atoms with Crippen LogP contribution in [0.15, 0.2) is 53.4 Å². The topological polar surface area (TPSA) is 71.6 Å². The molecule has 2 aliphatic rings. The SMILES string of the molecule is CCCCCCC1(NC(=O)Nc2ccc(S(F)(F)(F)(F)F)cc2)CCCNC1Oc1ccccc1C1(C(F)(F)F)CCO1. The van der Waals surface area contributed by atoms with E-state index in [4.69, 9.17) is 9.47 Å². The summed E-state index contributed by atoms with van der Waals surface area (Å²) in [4.78, 5) is 11.1. The number of urea groups is 1. The number of rotatable bonds is 11. The van der Waals surface area contributed by atoms with Gasteiger partial charge in [0.15, 0.2) is 11.8 Å². The third-order valence-electron chi connectivity index (χ3n) is 7.86. The fraction of sp³-hybridized carbons (Fsp3) is 0.536. The van der Waals surface area contributed by atoms with E-state index in [0.29, 0.717) is 32.2 Å². The Morgan fingerprint density at radius 2 is 1.70 bits per heavy atom. The normalized spacial score (nSPS) is 26.0. The third-order valence-corrected chi connectivity index (χ3v) is 9.02. The van der Waals surface area contributed by atoms with Crippen LogP contribution in [0.1, 0.15) is 63.9 Å².